The molecule has 0 aliphatic carbocycles. The molecule has 2 aromatic rings. The van der Waals surface area contributed by atoms with Gasteiger partial charge in [0, 0.05) is 30.7 Å². The minimum atomic E-state index is -0.598. The van der Waals surface area contributed by atoms with E-state index >= 15 is 0 Å². The van der Waals surface area contributed by atoms with Crippen LogP contribution in [0.15, 0.2) is 42.5 Å². The van der Waals surface area contributed by atoms with Crippen molar-refractivity contribution in [1.29, 1.82) is 0 Å². The van der Waals surface area contributed by atoms with Crippen LogP contribution in [0, 0.1) is 17.0 Å². The van der Waals surface area contributed by atoms with E-state index in [0.29, 0.717) is 5.56 Å². The van der Waals surface area contributed by atoms with Crippen molar-refractivity contribution in [1.82, 2.24) is 5.32 Å². The van der Waals surface area contributed by atoms with Crippen LogP contribution in [-0.2, 0) is 0 Å². The second-order valence-corrected chi connectivity index (χ2v) is 5.75. The lowest BCUT2D eigenvalue weighted by Crippen LogP contribution is -2.30. The fourth-order valence-electron chi connectivity index (χ4n) is 2.06. The smallest absolute Gasteiger partial charge is 0.319 e. The number of aryl methyl sites for hydroxylation is 1. The van der Waals surface area contributed by atoms with E-state index in [4.69, 9.17) is 11.6 Å². The average molecular weight is 362 g/mol. The van der Waals surface area contributed by atoms with Crippen molar-refractivity contribution in [2.45, 2.75) is 13.3 Å². The number of amides is 2. The molecule has 2 aromatic carbocycles. The van der Waals surface area contributed by atoms with E-state index in [9.17, 15) is 19.7 Å². The topological polar surface area (TPSA) is 101 Å². The summed E-state index contributed by atoms with van der Waals surface area (Å²) in [4.78, 5) is 34.0. The van der Waals surface area contributed by atoms with Crippen molar-refractivity contribution in [3.63, 3.8) is 0 Å². The number of carbonyl (C=O) groups is 2. The van der Waals surface area contributed by atoms with Crippen molar-refractivity contribution in [2.24, 2.45) is 0 Å². The molecule has 2 N–H and O–H groups in total. The van der Waals surface area contributed by atoms with E-state index in [1.165, 1.54) is 18.2 Å². The van der Waals surface area contributed by atoms with Gasteiger partial charge in [0.15, 0.2) is 5.78 Å². The largest absolute Gasteiger partial charge is 0.337 e. The van der Waals surface area contributed by atoms with Gasteiger partial charge in [-0.05, 0) is 13.0 Å². The number of carbonyl (C=O) groups excluding carboxylic acids is 2. The molecule has 0 radical (unpaired) electrons. The highest BCUT2D eigenvalue weighted by atomic mass is 35.5. The summed E-state index contributed by atoms with van der Waals surface area (Å²) in [5.74, 6) is -0.0892. The molecule has 0 saturated carbocycles. The molecule has 0 saturated heterocycles. The van der Waals surface area contributed by atoms with E-state index in [1.54, 1.807) is 12.1 Å². The van der Waals surface area contributed by atoms with E-state index < -0.39 is 11.0 Å². The van der Waals surface area contributed by atoms with Crippen LogP contribution in [0.4, 0.5) is 16.2 Å². The SMILES string of the molecule is Cc1ccc(C(=O)CCNC(=O)Nc2cc([N+](=O)[O-])ccc2Cl)cc1. The molecule has 0 heterocycles. The van der Waals surface area contributed by atoms with Crippen molar-refractivity contribution < 1.29 is 14.5 Å². The summed E-state index contributed by atoms with van der Waals surface area (Å²) in [5, 5.41) is 15.9. The molecular weight excluding hydrogens is 346 g/mol. The molecule has 25 heavy (non-hydrogen) atoms. The van der Waals surface area contributed by atoms with Crippen LogP contribution in [0.25, 0.3) is 0 Å². The van der Waals surface area contributed by atoms with Gasteiger partial charge in [-0.1, -0.05) is 41.4 Å². The molecule has 0 bridgehead atoms. The molecule has 2 rings (SSSR count). The van der Waals surface area contributed by atoms with Crippen LogP contribution in [0.3, 0.4) is 0 Å². The lowest BCUT2D eigenvalue weighted by atomic mass is 10.1. The lowest BCUT2D eigenvalue weighted by Gasteiger charge is -2.09. The quantitative estimate of drug-likeness (QED) is 0.462. The number of nitro groups is 1. The van der Waals surface area contributed by atoms with Gasteiger partial charge in [-0.2, -0.15) is 0 Å². The number of rotatable bonds is 6. The summed E-state index contributed by atoms with van der Waals surface area (Å²) < 4.78 is 0. The Morgan fingerprint density at radius 2 is 1.84 bits per heavy atom. The fraction of sp³-hybridized carbons (Fsp3) is 0.176. The number of hydrogen-bond acceptors (Lipinski definition) is 4. The summed E-state index contributed by atoms with van der Waals surface area (Å²) in [6.07, 6.45) is 0.138. The number of nitrogens with one attached hydrogen (secondary N) is 2. The molecule has 0 atom stereocenters. The molecule has 7 nitrogen and oxygen atoms in total. The highest BCUT2D eigenvalue weighted by Gasteiger charge is 2.12. The Balaban J connectivity index is 1.87. The Hall–Kier alpha value is -2.93. The normalized spacial score (nSPS) is 10.2. The first-order chi connectivity index (χ1) is 11.9. The fourth-order valence-corrected chi connectivity index (χ4v) is 2.23. The van der Waals surface area contributed by atoms with Crippen LogP contribution in [0.1, 0.15) is 22.3 Å². The number of nitro benzene ring substituents is 1. The van der Waals surface area contributed by atoms with E-state index in [-0.39, 0.29) is 35.1 Å². The molecule has 0 spiro atoms. The number of nitrogens with zero attached hydrogens (tertiary/aromatic N) is 1. The molecule has 0 aromatic heterocycles. The third kappa shape index (κ3) is 5.29. The first-order valence-electron chi connectivity index (χ1n) is 7.45. The third-order valence-electron chi connectivity index (χ3n) is 3.42. The van der Waals surface area contributed by atoms with E-state index in [2.05, 4.69) is 10.6 Å². The molecule has 0 aliphatic rings. The summed E-state index contributed by atoms with van der Waals surface area (Å²) in [6.45, 7) is 2.06. The Bertz CT molecular complexity index is 806. The Kier molecular flexibility index (Phi) is 6.08. The Morgan fingerprint density at radius 1 is 1.16 bits per heavy atom. The number of non-ortho nitro benzene ring substituents is 1. The number of halogens is 1. The van der Waals surface area contributed by atoms with Gasteiger partial charge < -0.3 is 10.6 Å². The van der Waals surface area contributed by atoms with Gasteiger partial charge in [-0.15, -0.1) is 0 Å². The van der Waals surface area contributed by atoms with Crippen molar-refractivity contribution >= 4 is 34.8 Å². The predicted octanol–water partition coefficient (Wildman–Crippen LogP) is 3.95. The zero-order valence-electron chi connectivity index (χ0n) is 13.4. The number of urea groups is 1. The number of Topliss-reactive ketones (excluding diaryl/α,β-unsaturated/α-hetero) is 1. The molecule has 0 fully saturated rings. The molecule has 0 aliphatic heterocycles. The first kappa shape index (κ1) is 18.4. The van der Waals surface area contributed by atoms with Gasteiger partial charge in [0.1, 0.15) is 0 Å². The lowest BCUT2D eigenvalue weighted by molar-refractivity contribution is -0.384. The Labute approximate surface area is 149 Å². The number of ketones is 1. The zero-order chi connectivity index (χ0) is 18.4. The standard InChI is InChI=1S/C17H16ClN3O4/c1-11-2-4-12(5-3-11)16(22)8-9-19-17(23)20-15-10-13(21(24)25)6-7-14(15)18/h2-7,10H,8-9H2,1H3,(H2,19,20,23). The van der Waals surface area contributed by atoms with Crippen LogP contribution in [-0.4, -0.2) is 23.3 Å². The average Bonchev–Trinajstić information content (AvgIpc) is 2.57. The van der Waals surface area contributed by atoms with Crippen molar-refractivity contribution in [3.05, 3.63) is 68.7 Å². The van der Waals surface area contributed by atoms with Gasteiger partial charge in [0.05, 0.1) is 15.6 Å². The Morgan fingerprint density at radius 3 is 2.48 bits per heavy atom. The van der Waals surface area contributed by atoms with Crippen LogP contribution < -0.4 is 10.6 Å². The molecule has 8 heteroatoms. The zero-order valence-corrected chi connectivity index (χ0v) is 14.2. The molecule has 2 amide bonds. The molecule has 0 unspecified atom stereocenters. The van der Waals surface area contributed by atoms with Gasteiger partial charge in [0.2, 0.25) is 0 Å². The summed E-state index contributed by atoms with van der Waals surface area (Å²) in [6, 6.07) is 10.3. The minimum absolute atomic E-state index is 0.0892. The maximum atomic E-state index is 12.0. The summed E-state index contributed by atoms with van der Waals surface area (Å²) in [5.41, 5.74) is 1.57. The third-order valence-corrected chi connectivity index (χ3v) is 3.75. The predicted molar refractivity (Wildman–Crippen MR) is 95.3 cm³/mol. The number of benzene rings is 2. The molecular formula is C17H16ClN3O4. The van der Waals surface area contributed by atoms with E-state index in [1.807, 2.05) is 19.1 Å². The molecule has 130 valence electrons. The van der Waals surface area contributed by atoms with Crippen LogP contribution in [0.2, 0.25) is 5.02 Å². The monoisotopic (exact) mass is 361 g/mol. The minimum Gasteiger partial charge on any atom is -0.337 e. The summed E-state index contributed by atoms with van der Waals surface area (Å²) in [7, 11) is 0. The van der Waals surface area contributed by atoms with Gasteiger partial charge in [-0.25, -0.2) is 4.79 Å². The van der Waals surface area contributed by atoms with Crippen LogP contribution in [0.5, 0.6) is 0 Å². The number of anilines is 1. The van der Waals surface area contributed by atoms with Crippen LogP contribution >= 0.6 is 11.6 Å². The summed E-state index contributed by atoms with van der Waals surface area (Å²) >= 11 is 5.90. The first-order valence-corrected chi connectivity index (χ1v) is 7.83. The second-order valence-electron chi connectivity index (χ2n) is 5.34. The van der Waals surface area contributed by atoms with Gasteiger partial charge in [0.25, 0.3) is 5.69 Å². The van der Waals surface area contributed by atoms with Crippen molar-refractivity contribution in [2.75, 3.05) is 11.9 Å². The van der Waals surface area contributed by atoms with Crippen molar-refractivity contribution in [3.8, 4) is 0 Å². The highest BCUT2D eigenvalue weighted by molar-refractivity contribution is 6.33. The van der Waals surface area contributed by atoms with E-state index in [0.717, 1.165) is 5.56 Å². The van der Waals surface area contributed by atoms with Gasteiger partial charge >= 0.3 is 6.03 Å². The maximum Gasteiger partial charge on any atom is 0.319 e. The van der Waals surface area contributed by atoms with Gasteiger partial charge in [-0.3, -0.25) is 14.9 Å². The second kappa shape index (κ2) is 8.25. The number of hydrogen-bond donors (Lipinski definition) is 2. The highest BCUT2D eigenvalue weighted by Crippen LogP contribution is 2.26. The maximum absolute atomic E-state index is 12.0.